The summed E-state index contributed by atoms with van der Waals surface area (Å²) in [6, 6.07) is 0.119. The second-order valence-electron chi connectivity index (χ2n) is 3.78. The van der Waals surface area contributed by atoms with Crippen LogP contribution in [-0.4, -0.2) is 47.7 Å². The summed E-state index contributed by atoms with van der Waals surface area (Å²) in [4.78, 5) is 13.8. The molecule has 0 aliphatic carbocycles. The molecule has 1 aliphatic heterocycles. The molecule has 1 rings (SSSR count). The third-order valence-corrected chi connectivity index (χ3v) is 2.82. The molecule has 82 valence electrons. The predicted octanol–water partition coefficient (Wildman–Crippen LogP) is -0.0323. The molecule has 1 fully saturated rings. The maximum Gasteiger partial charge on any atom is 0.240 e. The average molecular weight is 200 g/mol. The molecule has 4 nitrogen and oxygen atoms in total. The van der Waals surface area contributed by atoms with E-state index in [-0.39, 0.29) is 18.6 Å². The van der Waals surface area contributed by atoms with Crippen molar-refractivity contribution in [3.63, 3.8) is 0 Å². The van der Waals surface area contributed by atoms with Crippen LogP contribution < -0.4 is 5.32 Å². The Morgan fingerprint density at radius 3 is 2.93 bits per heavy atom. The Morgan fingerprint density at radius 2 is 2.36 bits per heavy atom. The summed E-state index contributed by atoms with van der Waals surface area (Å²) in [5.41, 5.74) is 0. The molecule has 2 N–H and O–H groups in total. The summed E-state index contributed by atoms with van der Waals surface area (Å²) >= 11 is 0. The first kappa shape index (κ1) is 11.5. The quantitative estimate of drug-likeness (QED) is 0.672. The molecule has 14 heavy (non-hydrogen) atoms. The molecule has 1 amide bonds. The van der Waals surface area contributed by atoms with Gasteiger partial charge in [-0.1, -0.05) is 0 Å². The summed E-state index contributed by atoms with van der Waals surface area (Å²) in [5.74, 6) is 0.131. The van der Waals surface area contributed by atoms with Crippen LogP contribution in [0.1, 0.15) is 26.7 Å². The van der Waals surface area contributed by atoms with Gasteiger partial charge >= 0.3 is 0 Å². The maximum absolute atomic E-state index is 11.9. The highest BCUT2D eigenvalue weighted by molar-refractivity contribution is 5.82. The summed E-state index contributed by atoms with van der Waals surface area (Å²) < 4.78 is 0. The largest absolute Gasteiger partial charge is 0.396 e. The number of nitrogens with one attached hydrogen (secondary N) is 1. The van der Waals surface area contributed by atoms with Crippen LogP contribution in [-0.2, 0) is 4.79 Å². The molecule has 0 radical (unpaired) electrons. The van der Waals surface area contributed by atoms with Crippen molar-refractivity contribution in [2.75, 3.05) is 19.7 Å². The van der Waals surface area contributed by atoms with Crippen LogP contribution in [0.25, 0.3) is 0 Å². The highest BCUT2D eigenvalue weighted by atomic mass is 16.3. The van der Waals surface area contributed by atoms with Gasteiger partial charge in [0.25, 0.3) is 0 Å². The topological polar surface area (TPSA) is 52.6 Å². The number of nitrogens with zero attached hydrogens (tertiary/aromatic N) is 1. The van der Waals surface area contributed by atoms with Gasteiger partial charge in [-0.3, -0.25) is 4.79 Å². The molecule has 2 unspecified atom stereocenters. The van der Waals surface area contributed by atoms with Crippen LogP contribution in [0.3, 0.4) is 0 Å². The molecule has 1 saturated heterocycles. The van der Waals surface area contributed by atoms with E-state index in [9.17, 15) is 4.79 Å². The molecule has 2 atom stereocenters. The monoisotopic (exact) mass is 200 g/mol. The smallest absolute Gasteiger partial charge is 0.240 e. The van der Waals surface area contributed by atoms with E-state index in [0.29, 0.717) is 12.5 Å². The minimum Gasteiger partial charge on any atom is -0.396 e. The standard InChI is InChI=1S/C10H20N2O2/c1-3-12-8(2)4-6-11-9(5-7-13)10(12)14/h8-9,11,13H,3-7H2,1-2H3. The van der Waals surface area contributed by atoms with Gasteiger partial charge in [-0.2, -0.15) is 0 Å². The Kier molecular flexibility index (Phi) is 4.35. The fraction of sp³-hybridized carbons (Fsp3) is 0.900. The van der Waals surface area contributed by atoms with Crippen molar-refractivity contribution in [2.24, 2.45) is 0 Å². The number of carbonyl (C=O) groups excluding carboxylic acids is 1. The normalized spacial score (nSPS) is 29.1. The zero-order valence-electron chi connectivity index (χ0n) is 8.99. The lowest BCUT2D eigenvalue weighted by Gasteiger charge is -2.27. The lowest BCUT2D eigenvalue weighted by molar-refractivity contribution is -0.134. The van der Waals surface area contributed by atoms with Crippen molar-refractivity contribution in [1.82, 2.24) is 10.2 Å². The fourth-order valence-corrected chi connectivity index (χ4v) is 1.95. The van der Waals surface area contributed by atoms with Crippen LogP contribution in [0, 0.1) is 0 Å². The van der Waals surface area contributed by atoms with E-state index in [2.05, 4.69) is 12.2 Å². The molecule has 0 saturated carbocycles. The Balaban J connectivity index is 2.67. The molecule has 0 aromatic carbocycles. The molecule has 4 heteroatoms. The highest BCUT2D eigenvalue weighted by Crippen LogP contribution is 2.11. The maximum atomic E-state index is 11.9. The van der Waals surface area contributed by atoms with E-state index in [1.807, 2.05) is 11.8 Å². The van der Waals surface area contributed by atoms with Crippen LogP contribution in [0.15, 0.2) is 0 Å². The average Bonchev–Trinajstić information content (AvgIpc) is 2.28. The Bertz CT molecular complexity index is 197. The van der Waals surface area contributed by atoms with Gasteiger partial charge in [0.2, 0.25) is 5.91 Å². The summed E-state index contributed by atoms with van der Waals surface area (Å²) in [6.45, 7) is 5.74. The van der Waals surface area contributed by atoms with Gasteiger partial charge in [-0.05, 0) is 33.2 Å². The van der Waals surface area contributed by atoms with Crippen molar-refractivity contribution in [2.45, 2.75) is 38.8 Å². The van der Waals surface area contributed by atoms with Gasteiger partial charge in [0.1, 0.15) is 0 Å². The summed E-state index contributed by atoms with van der Waals surface area (Å²) in [6.07, 6.45) is 1.50. The van der Waals surface area contributed by atoms with Crippen LogP contribution in [0.4, 0.5) is 0 Å². The predicted molar refractivity (Wildman–Crippen MR) is 55.0 cm³/mol. The van der Waals surface area contributed by atoms with Crippen molar-refractivity contribution >= 4 is 5.91 Å². The number of likely N-dealkylation sites (N-methyl/N-ethyl adjacent to an activating group) is 1. The van der Waals surface area contributed by atoms with Crippen molar-refractivity contribution in [3.8, 4) is 0 Å². The first-order valence-corrected chi connectivity index (χ1v) is 5.35. The number of amides is 1. The lowest BCUT2D eigenvalue weighted by Crippen LogP contribution is -2.46. The third-order valence-electron chi connectivity index (χ3n) is 2.82. The molecule has 0 bridgehead atoms. The third kappa shape index (κ3) is 2.45. The van der Waals surface area contributed by atoms with Gasteiger partial charge in [-0.25, -0.2) is 0 Å². The van der Waals surface area contributed by atoms with Crippen molar-refractivity contribution < 1.29 is 9.90 Å². The Labute approximate surface area is 85.3 Å². The van der Waals surface area contributed by atoms with Crippen LogP contribution in [0.2, 0.25) is 0 Å². The number of hydrogen-bond acceptors (Lipinski definition) is 3. The Morgan fingerprint density at radius 1 is 1.64 bits per heavy atom. The van der Waals surface area contributed by atoms with Crippen molar-refractivity contribution in [3.05, 3.63) is 0 Å². The second kappa shape index (κ2) is 5.32. The lowest BCUT2D eigenvalue weighted by atomic mass is 10.1. The zero-order valence-corrected chi connectivity index (χ0v) is 8.99. The van der Waals surface area contributed by atoms with Gasteiger partial charge in [-0.15, -0.1) is 0 Å². The molecule has 1 heterocycles. The SMILES string of the molecule is CCN1C(=O)C(CCO)NCCC1C. The van der Waals surface area contributed by atoms with E-state index in [1.165, 1.54) is 0 Å². The second-order valence-corrected chi connectivity index (χ2v) is 3.78. The minimum atomic E-state index is -0.190. The number of rotatable bonds is 3. The van der Waals surface area contributed by atoms with E-state index in [0.717, 1.165) is 19.5 Å². The van der Waals surface area contributed by atoms with E-state index < -0.39 is 0 Å². The fourth-order valence-electron chi connectivity index (χ4n) is 1.95. The van der Waals surface area contributed by atoms with Gasteiger partial charge in [0.05, 0.1) is 6.04 Å². The van der Waals surface area contributed by atoms with Gasteiger partial charge < -0.3 is 15.3 Å². The van der Waals surface area contributed by atoms with E-state index in [1.54, 1.807) is 0 Å². The number of aliphatic hydroxyl groups excluding tert-OH is 1. The first-order valence-electron chi connectivity index (χ1n) is 5.35. The first-order chi connectivity index (χ1) is 6.70. The number of carbonyl (C=O) groups is 1. The molecule has 0 aromatic heterocycles. The van der Waals surface area contributed by atoms with Gasteiger partial charge in [0.15, 0.2) is 0 Å². The highest BCUT2D eigenvalue weighted by Gasteiger charge is 2.28. The van der Waals surface area contributed by atoms with Crippen LogP contribution >= 0.6 is 0 Å². The zero-order chi connectivity index (χ0) is 10.6. The summed E-state index contributed by atoms with van der Waals surface area (Å²) in [5, 5.41) is 12.0. The van der Waals surface area contributed by atoms with Crippen LogP contribution in [0.5, 0.6) is 0 Å². The minimum absolute atomic E-state index is 0.0648. The Hall–Kier alpha value is -0.610. The molecular weight excluding hydrogens is 180 g/mol. The van der Waals surface area contributed by atoms with E-state index in [4.69, 9.17) is 5.11 Å². The van der Waals surface area contributed by atoms with E-state index >= 15 is 0 Å². The van der Waals surface area contributed by atoms with Crippen molar-refractivity contribution in [1.29, 1.82) is 0 Å². The molecular formula is C10H20N2O2. The number of aliphatic hydroxyl groups is 1. The molecule has 0 aromatic rings. The number of hydrogen-bond donors (Lipinski definition) is 2. The molecule has 1 aliphatic rings. The molecule has 0 spiro atoms. The van der Waals surface area contributed by atoms with Gasteiger partial charge in [0, 0.05) is 19.2 Å². The summed E-state index contributed by atoms with van der Waals surface area (Å²) in [7, 11) is 0.